The highest BCUT2D eigenvalue weighted by Gasteiger charge is 2.11. The van der Waals surface area contributed by atoms with Crippen LogP contribution in [0.3, 0.4) is 0 Å². The van der Waals surface area contributed by atoms with Crippen LogP contribution in [0, 0.1) is 0 Å². The number of para-hydroxylation sites is 1. The lowest BCUT2D eigenvalue weighted by Gasteiger charge is -2.21. The molecule has 3 aromatic rings. The molecule has 0 unspecified atom stereocenters. The molecule has 6 heteroatoms. The van der Waals surface area contributed by atoms with Crippen molar-refractivity contribution >= 4 is 46.3 Å². The fraction of sp³-hybridized carbons (Fsp3) is 0.111. The van der Waals surface area contributed by atoms with Crippen molar-refractivity contribution in [2.45, 2.75) is 6.92 Å². The summed E-state index contributed by atoms with van der Waals surface area (Å²) in [5, 5.41) is 4.38. The number of hydrogen-bond acceptors (Lipinski definition) is 4. The second-order valence-corrected chi connectivity index (χ2v) is 5.91. The van der Waals surface area contributed by atoms with E-state index in [1.807, 2.05) is 35.2 Å². The first-order valence-corrected chi connectivity index (χ1v) is 8.30. The number of benzene rings is 2. The Balaban J connectivity index is 1.90. The van der Waals surface area contributed by atoms with Gasteiger partial charge in [-0.05, 0) is 43.3 Å². The van der Waals surface area contributed by atoms with Gasteiger partial charge in [0.05, 0.1) is 10.7 Å². The van der Waals surface area contributed by atoms with Crippen LogP contribution in [0.1, 0.15) is 6.92 Å². The van der Waals surface area contributed by atoms with Crippen LogP contribution in [0.2, 0.25) is 10.0 Å². The van der Waals surface area contributed by atoms with Crippen LogP contribution in [0.4, 0.5) is 23.1 Å². The Morgan fingerprint density at radius 2 is 1.83 bits per heavy atom. The van der Waals surface area contributed by atoms with E-state index in [9.17, 15) is 0 Å². The van der Waals surface area contributed by atoms with E-state index < -0.39 is 0 Å². The van der Waals surface area contributed by atoms with Gasteiger partial charge in [-0.25, -0.2) is 4.98 Å². The molecule has 0 fully saturated rings. The van der Waals surface area contributed by atoms with Gasteiger partial charge in [0.2, 0.25) is 5.95 Å². The monoisotopic (exact) mass is 358 g/mol. The molecular weight excluding hydrogens is 343 g/mol. The van der Waals surface area contributed by atoms with Crippen LogP contribution in [-0.4, -0.2) is 16.5 Å². The standard InChI is InChI=1S/C18H16Cl2N4/c1-2-24(14-6-4-3-5-7-14)18-21-11-10-17(23-18)22-16-12-13(19)8-9-15(16)20/h3-12H,2H2,1H3,(H,21,22,23). The summed E-state index contributed by atoms with van der Waals surface area (Å²) in [5.41, 5.74) is 1.74. The first kappa shape index (κ1) is 16.6. The van der Waals surface area contributed by atoms with Crippen molar-refractivity contribution in [1.29, 1.82) is 0 Å². The van der Waals surface area contributed by atoms with Crippen LogP contribution in [0.5, 0.6) is 0 Å². The SMILES string of the molecule is CCN(c1ccccc1)c1nccc(Nc2cc(Cl)ccc2Cl)n1. The molecule has 0 bridgehead atoms. The van der Waals surface area contributed by atoms with Crippen LogP contribution >= 0.6 is 23.2 Å². The number of nitrogens with zero attached hydrogens (tertiary/aromatic N) is 3. The maximum atomic E-state index is 6.20. The largest absolute Gasteiger partial charge is 0.339 e. The van der Waals surface area contributed by atoms with E-state index in [0.717, 1.165) is 12.2 Å². The minimum atomic E-state index is 0.579. The molecule has 0 spiro atoms. The molecule has 0 aliphatic rings. The van der Waals surface area contributed by atoms with Crippen LogP contribution in [0.25, 0.3) is 0 Å². The Kier molecular flexibility index (Phi) is 5.18. The lowest BCUT2D eigenvalue weighted by Crippen LogP contribution is -2.19. The molecule has 0 aliphatic heterocycles. The van der Waals surface area contributed by atoms with E-state index in [1.165, 1.54) is 0 Å². The molecular formula is C18H16Cl2N4. The second-order valence-electron chi connectivity index (χ2n) is 5.07. The summed E-state index contributed by atoms with van der Waals surface area (Å²) in [6.45, 7) is 2.82. The topological polar surface area (TPSA) is 41.1 Å². The molecule has 1 aromatic heterocycles. The molecule has 0 radical (unpaired) electrons. The van der Waals surface area contributed by atoms with Gasteiger partial charge in [0.25, 0.3) is 0 Å². The highest BCUT2D eigenvalue weighted by atomic mass is 35.5. The van der Waals surface area contributed by atoms with Crippen molar-refractivity contribution in [3.05, 3.63) is 70.8 Å². The second kappa shape index (κ2) is 7.51. The Hall–Kier alpha value is -2.30. The van der Waals surface area contributed by atoms with Crippen molar-refractivity contribution in [2.24, 2.45) is 0 Å². The lowest BCUT2D eigenvalue weighted by molar-refractivity contribution is 0.948. The molecule has 1 N–H and O–H groups in total. The maximum absolute atomic E-state index is 6.20. The molecule has 0 saturated heterocycles. The fourth-order valence-electron chi connectivity index (χ4n) is 2.33. The predicted molar refractivity (Wildman–Crippen MR) is 101 cm³/mol. The zero-order chi connectivity index (χ0) is 16.9. The highest BCUT2D eigenvalue weighted by molar-refractivity contribution is 6.35. The lowest BCUT2D eigenvalue weighted by atomic mass is 10.3. The molecule has 122 valence electrons. The normalized spacial score (nSPS) is 10.5. The average Bonchev–Trinajstić information content (AvgIpc) is 2.60. The van der Waals surface area contributed by atoms with Gasteiger partial charge in [0.15, 0.2) is 0 Å². The number of aromatic nitrogens is 2. The van der Waals surface area contributed by atoms with Gasteiger partial charge in [0.1, 0.15) is 5.82 Å². The van der Waals surface area contributed by atoms with Gasteiger partial charge in [-0.15, -0.1) is 0 Å². The molecule has 2 aromatic carbocycles. The van der Waals surface area contributed by atoms with Gasteiger partial charge in [-0.1, -0.05) is 41.4 Å². The van der Waals surface area contributed by atoms with E-state index in [-0.39, 0.29) is 0 Å². The molecule has 1 heterocycles. The molecule has 0 amide bonds. The van der Waals surface area contributed by atoms with E-state index in [2.05, 4.69) is 22.2 Å². The Bertz CT molecular complexity index is 824. The molecule has 0 aliphatic carbocycles. The zero-order valence-corrected chi connectivity index (χ0v) is 14.6. The maximum Gasteiger partial charge on any atom is 0.231 e. The predicted octanol–water partition coefficient (Wildman–Crippen LogP) is 5.69. The van der Waals surface area contributed by atoms with Crippen molar-refractivity contribution in [3.8, 4) is 0 Å². The van der Waals surface area contributed by atoms with E-state index in [0.29, 0.717) is 27.5 Å². The third-order valence-electron chi connectivity index (χ3n) is 3.46. The quantitative estimate of drug-likeness (QED) is 0.636. The van der Waals surface area contributed by atoms with Crippen molar-refractivity contribution < 1.29 is 0 Å². The Morgan fingerprint density at radius 3 is 2.58 bits per heavy atom. The van der Waals surface area contributed by atoms with E-state index >= 15 is 0 Å². The van der Waals surface area contributed by atoms with Crippen molar-refractivity contribution in [3.63, 3.8) is 0 Å². The van der Waals surface area contributed by atoms with Crippen LogP contribution in [0.15, 0.2) is 60.8 Å². The van der Waals surface area contributed by atoms with Gasteiger partial charge in [-0.3, -0.25) is 0 Å². The van der Waals surface area contributed by atoms with E-state index in [4.69, 9.17) is 23.2 Å². The summed E-state index contributed by atoms with van der Waals surface area (Å²) in [5.74, 6) is 1.27. The summed E-state index contributed by atoms with van der Waals surface area (Å²) in [4.78, 5) is 11.0. The zero-order valence-electron chi connectivity index (χ0n) is 13.1. The number of rotatable bonds is 5. The number of hydrogen-bond donors (Lipinski definition) is 1. The Morgan fingerprint density at radius 1 is 1.04 bits per heavy atom. The number of nitrogens with one attached hydrogen (secondary N) is 1. The molecule has 3 rings (SSSR count). The van der Waals surface area contributed by atoms with Crippen LogP contribution in [-0.2, 0) is 0 Å². The van der Waals surface area contributed by atoms with Gasteiger partial charge in [-0.2, -0.15) is 4.98 Å². The molecule has 0 atom stereocenters. The molecule has 24 heavy (non-hydrogen) atoms. The molecule has 0 saturated carbocycles. The Labute approximate surface area is 151 Å². The van der Waals surface area contributed by atoms with Gasteiger partial charge in [0, 0.05) is 23.5 Å². The third kappa shape index (κ3) is 3.78. The summed E-state index contributed by atoms with van der Waals surface area (Å²) >= 11 is 12.2. The number of halogens is 2. The van der Waals surface area contributed by atoms with Crippen molar-refractivity contribution in [2.75, 3.05) is 16.8 Å². The van der Waals surface area contributed by atoms with E-state index in [1.54, 1.807) is 30.5 Å². The van der Waals surface area contributed by atoms with Gasteiger partial charge < -0.3 is 10.2 Å². The van der Waals surface area contributed by atoms with Crippen LogP contribution < -0.4 is 10.2 Å². The third-order valence-corrected chi connectivity index (χ3v) is 4.02. The number of anilines is 4. The fourth-order valence-corrected chi connectivity index (χ4v) is 2.66. The first-order chi connectivity index (χ1) is 11.7. The minimum absolute atomic E-state index is 0.579. The smallest absolute Gasteiger partial charge is 0.231 e. The average molecular weight is 359 g/mol. The first-order valence-electron chi connectivity index (χ1n) is 7.55. The van der Waals surface area contributed by atoms with Gasteiger partial charge >= 0.3 is 0 Å². The minimum Gasteiger partial charge on any atom is -0.339 e. The highest BCUT2D eigenvalue weighted by Crippen LogP contribution is 2.29. The van der Waals surface area contributed by atoms with Crippen molar-refractivity contribution in [1.82, 2.24) is 9.97 Å². The summed E-state index contributed by atoms with van der Waals surface area (Å²) in [6.07, 6.45) is 1.72. The summed E-state index contributed by atoms with van der Waals surface area (Å²) in [6, 6.07) is 17.1. The summed E-state index contributed by atoms with van der Waals surface area (Å²) < 4.78 is 0. The summed E-state index contributed by atoms with van der Waals surface area (Å²) in [7, 11) is 0. The molecule has 4 nitrogen and oxygen atoms in total.